The Morgan fingerprint density at radius 2 is 2.35 bits per heavy atom. The van der Waals surface area contributed by atoms with Gasteiger partial charge in [-0.05, 0) is 25.7 Å². The smallest absolute Gasteiger partial charge is 0.117 e. The molecule has 0 aliphatic heterocycles. The summed E-state index contributed by atoms with van der Waals surface area (Å²) in [4.78, 5) is 6.72. The first-order chi connectivity index (χ1) is 8.28. The van der Waals surface area contributed by atoms with E-state index in [1.54, 1.807) is 17.6 Å². The number of aromatic nitrogens is 1. The third kappa shape index (κ3) is 3.66. The molecule has 0 radical (unpaired) electrons. The van der Waals surface area contributed by atoms with E-state index in [1.807, 2.05) is 12.1 Å². The van der Waals surface area contributed by atoms with Crippen LogP contribution in [-0.2, 0) is 19.5 Å². The fourth-order valence-electron chi connectivity index (χ4n) is 1.66. The summed E-state index contributed by atoms with van der Waals surface area (Å²) in [5, 5.41) is 3.22. The molecule has 0 aliphatic rings. The van der Waals surface area contributed by atoms with Gasteiger partial charge < -0.3 is 10.2 Å². The molecule has 0 saturated heterocycles. The Labute approximate surface area is 105 Å². The van der Waals surface area contributed by atoms with Gasteiger partial charge in [0.1, 0.15) is 5.76 Å². The van der Waals surface area contributed by atoms with E-state index in [0.29, 0.717) is 6.54 Å². The van der Waals surface area contributed by atoms with E-state index in [2.05, 4.69) is 22.3 Å². The Morgan fingerprint density at radius 1 is 1.47 bits per heavy atom. The van der Waals surface area contributed by atoms with Gasteiger partial charge in [-0.3, -0.25) is 4.90 Å². The summed E-state index contributed by atoms with van der Waals surface area (Å²) >= 11 is 1.68. The maximum Gasteiger partial charge on any atom is 0.117 e. The van der Waals surface area contributed by atoms with Crippen LogP contribution in [0.25, 0.3) is 0 Å². The Morgan fingerprint density at radius 3 is 3.06 bits per heavy atom. The summed E-state index contributed by atoms with van der Waals surface area (Å²) in [6.07, 6.45) is 2.57. The van der Waals surface area contributed by atoms with Crippen molar-refractivity contribution < 1.29 is 4.42 Å². The van der Waals surface area contributed by atoms with Crippen LogP contribution in [0.2, 0.25) is 0 Å². The van der Waals surface area contributed by atoms with Crippen molar-refractivity contribution in [3.63, 3.8) is 0 Å². The number of furan rings is 1. The fourth-order valence-corrected chi connectivity index (χ4v) is 2.47. The zero-order chi connectivity index (χ0) is 12.1. The van der Waals surface area contributed by atoms with Crippen molar-refractivity contribution >= 4 is 11.3 Å². The molecule has 0 fully saturated rings. The summed E-state index contributed by atoms with van der Waals surface area (Å²) in [7, 11) is 2.06. The van der Waals surface area contributed by atoms with Gasteiger partial charge in [0.2, 0.25) is 0 Å². The second-order valence-corrected chi connectivity index (χ2v) is 4.97. The molecule has 0 atom stereocenters. The highest BCUT2D eigenvalue weighted by molar-refractivity contribution is 7.09. The molecule has 92 valence electrons. The first-order valence-corrected chi connectivity index (χ1v) is 6.50. The van der Waals surface area contributed by atoms with Crippen LogP contribution in [0.5, 0.6) is 0 Å². The molecule has 4 nitrogen and oxygen atoms in total. The van der Waals surface area contributed by atoms with Crippen molar-refractivity contribution in [2.24, 2.45) is 5.73 Å². The van der Waals surface area contributed by atoms with Crippen molar-refractivity contribution in [2.45, 2.75) is 19.5 Å². The molecule has 0 amide bonds. The highest BCUT2D eigenvalue weighted by Gasteiger charge is 2.06. The summed E-state index contributed by atoms with van der Waals surface area (Å²) in [6.45, 7) is 2.30. The van der Waals surface area contributed by atoms with Gasteiger partial charge >= 0.3 is 0 Å². The van der Waals surface area contributed by atoms with E-state index in [1.165, 1.54) is 0 Å². The third-order valence-electron chi connectivity index (χ3n) is 2.40. The minimum Gasteiger partial charge on any atom is -0.468 e. The van der Waals surface area contributed by atoms with Crippen LogP contribution in [0, 0.1) is 0 Å². The van der Waals surface area contributed by atoms with Crippen LogP contribution >= 0.6 is 11.3 Å². The van der Waals surface area contributed by atoms with E-state index in [4.69, 9.17) is 10.2 Å². The van der Waals surface area contributed by atoms with Gasteiger partial charge in [0.15, 0.2) is 0 Å². The summed E-state index contributed by atoms with van der Waals surface area (Å²) in [5.74, 6) is 0.977. The average molecular weight is 251 g/mol. The number of nitrogens with two attached hydrogens (primary N) is 1. The van der Waals surface area contributed by atoms with E-state index >= 15 is 0 Å². The Bertz CT molecular complexity index is 438. The molecule has 2 rings (SSSR count). The van der Waals surface area contributed by atoms with Gasteiger partial charge in [-0.25, -0.2) is 4.98 Å². The molecule has 0 unspecified atom stereocenters. The molecular formula is C12H17N3OS. The van der Waals surface area contributed by atoms with Crippen molar-refractivity contribution in [3.8, 4) is 0 Å². The first kappa shape index (κ1) is 12.3. The predicted molar refractivity (Wildman–Crippen MR) is 68.8 cm³/mol. The topological polar surface area (TPSA) is 55.3 Å². The molecule has 17 heavy (non-hydrogen) atoms. The standard InChI is InChI=1S/C12H17N3OS/c1-15(8-11-3-2-6-16-11)7-10-9-17-12(14-10)4-5-13/h2-3,6,9H,4-5,7-8,13H2,1H3. The molecule has 0 bridgehead atoms. The van der Waals surface area contributed by atoms with E-state index in [9.17, 15) is 0 Å². The van der Waals surface area contributed by atoms with Gasteiger partial charge in [0.25, 0.3) is 0 Å². The van der Waals surface area contributed by atoms with Gasteiger partial charge in [-0.2, -0.15) is 0 Å². The molecule has 2 aromatic rings. The lowest BCUT2D eigenvalue weighted by Gasteiger charge is -2.12. The highest BCUT2D eigenvalue weighted by atomic mass is 32.1. The largest absolute Gasteiger partial charge is 0.468 e. The minimum absolute atomic E-state index is 0.662. The molecule has 2 N–H and O–H groups in total. The lowest BCUT2D eigenvalue weighted by molar-refractivity contribution is 0.285. The van der Waals surface area contributed by atoms with Gasteiger partial charge in [0, 0.05) is 18.3 Å². The summed E-state index contributed by atoms with van der Waals surface area (Å²) < 4.78 is 5.31. The third-order valence-corrected chi connectivity index (χ3v) is 3.35. The summed E-state index contributed by atoms with van der Waals surface area (Å²) in [6, 6.07) is 3.89. The molecule has 0 saturated carbocycles. The Hall–Kier alpha value is -1.17. The molecule has 0 aromatic carbocycles. The number of thiazole rings is 1. The molecule has 0 aliphatic carbocycles. The Balaban J connectivity index is 1.86. The lowest BCUT2D eigenvalue weighted by atomic mass is 10.4. The second kappa shape index (κ2) is 5.95. The molecule has 2 aromatic heterocycles. The van der Waals surface area contributed by atoms with Gasteiger partial charge in [-0.1, -0.05) is 0 Å². The van der Waals surface area contributed by atoms with Gasteiger partial charge in [-0.15, -0.1) is 11.3 Å². The van der Waals surface area contributed by atoms with Crippen LogP contribution in [-0.4, -0.2) is 23.5 Å². The van der Waals surface area contributed by atoms with Crippen LogP contribution in [0.15, 0.2) is 28.2 Å². The van der Waals surface area contributed by atoms with Crippen molar-refractivity contribution in [3.05, 3.63) is 40.2 Å². The van der Waals surface area contributed by atoms with Crippen LogP contribution in [0.4, 0.5) is 0 Å². The second-order valence-electron chi connectivity index (χ2n) is 4.02. The molecule has 0 spiro atoms. The van der Waals surface area contributed by atoms with Crippen LogP contribution in [0.3, 0.4) is 0 Å². The minimum atomic E-state index is 0.662. The van der Waals surface area contributed by atoms with Crippen LogP contribution < -0.4 is 5.73 Å². The number of rotatable bonds is 6. The van der Waals surface area contributed by atoms with Gasteiger partial charge in [0.05, 0.1) is 23.5 Å². The zero-order valence-electron chi connectivity index (χ0n) is 9.93. The van der Waals surface area contributed by atoms with Crippen LogP contribution in [0.1, 0.15) is 16.5 Å². The SMILES string of the molecule is CN(Cc1csc(CCN)n1)Cc1ccco1. The van der Waals surface area contributed by atoms with E-state index in [0.717, 1.165) is 36.0 Å². The quantitative estimate of drug-likeness (QED) is 0.851. The molecule has 2 heterocycles. The summed E-state index contributed by atoms with van der Waals surface area (Å²) in [5.41, 5.74) is 6.61. The van der Waals surface area contributed by atoms with Crippen molar-refractivity contribution in [1.82, 2.24) is 9.88 Å². The highest BCUT2D eigenvalue weighted by Crippen LogP contribution is 2.13. The van der Waals surface area contributed by atoms with Crippen molar-refractivity contribution in [2.75, 3.05) is 13.6 Å². The monoisotopic (exact) mass is 251 g/mol. The Kier molecular flexibility index (Phi) is 4.30. The molecular weight excluding hydrogens is 234 g/mol. The first-order valence-electron chi connectivity index (χ1n) is 5.62. The maximum absolute atomic E-state index is 5.51. The fraction of sp³-hybridized carbons (Fsp3) is 0.417. The van der Waals surface area contributed by atoms with Crippen molar-refractivity contribution in [1.29, 1.82) is 0 Å². The average Bonchev–Trinajstić information content (AvgIpc) is 2.91. The lowest BCUT2D eigenvalue weighted by Crippen LogP contribution is -2.17. The van der Waals surface area contributed by atoms with E-state index < -0.39 is 0 Å². The van der Waals surface area contributed by atoms with E-state index in [-0.39, 0.29) is 0 Å². The normalized spacial score (nSPS) is 11.2. The number of nitrogens with zero attached hydrogens (tertiary/aromatic N) is 2. The predicted octanol–water partition coefficient (Wildman–Crippen LogP) is 1.87. The number of hydrogen-bond donors (Lipinski definition) is 1. The zero-order valence-corrected chi connectivity index (χ0v) is 10.7. The maximum atomic E-state index is 5.51. The number of hydrogen-bond acceptors (Lipinski definition) is 5. The molecule has 5 heteroatoms.